The Morgan fingerprint density at radius 2 is 1.86 bits per heavy atom. The highest BCUT2D eigenvalue weighted by atomic mass is 32.2. The summed E-state index contributed by atoms with van der Waals surface area (Å²) >= 11 is 0. The van der Waals surface area contributed by atoms with E-state index in [1.807, 2.05) is 0 Å². The lowest BCUT2D eigenvalue weighted by atomic mass is 10.00. The molecule has 1 aliphatic heterocycles. The number of hydrogen-bond acceptors (Lipinski definition) is 4. The van der Waals surface area contributed by atoms with Crippen molar-refractivity contribution in [2.45, 2.75) is 44.9 Å². The number of alkyl halides is 3. The number of halogens is 3. The minimum Gasteiger partial charge on any atom is -0.480 e. The van der Waals surface area contributed by atoms with Crippen LogP contribution in [0.5, 0.6) is 0 Å². The molecular formula is C12H18F3NO5S. The van der Waals surface area contributed by atoms with E-state index in [2.05, 4.69) is 0 Å². The molecule has 1 rings (SSSR count). The fraction of sp³-hybridized carbons (Fsp3) is 0.833. The van der Waals surface area contributed by atoms with Gasteiger partial charge in [-0.05, 0) is 18.8 Å². The van der Waals surface area contributed by atoms with Gasteiger partial charge in [-0.2, -0.15) is 13.2 Å². The molecule has 0 aromatic rings. The minimum absolute atomic E-state index is 0.187. The number of carboxylic acid groups (broad SMARTS) is 1. The Labute approximate surface area is 126 Å². The number of sulfone groups is 1. The van der Waals surface area contributed by atoms with Crippen LogP contribution in [0.1, 0.15) is 26.7 Å². The van der Waals surface area contributed by atoms with E-state index in [1.54, 1.807) is 13.8 Å². The summed E-state index contributed by atoms with van der Waals surface area (Å²) in [6.07, 6.45) is -5.63. The molecule has 6 nitrogen and oxygen atoms in total. The van der Waals surface area contributed by atoms with E-state index < -0.39 is 45.7 Å². The van der Waals surface area contributed by atoms with E-state index in [-0.39, 0.29) is 29.4 Å². The quantitative estimate of drug-likeness (QED) is 0.804. The van der Waals surface area contributed by atoms with Crippen molar-refractivity contribution in [1.29, 1.82) is 0 Å². The molecule has 0 spiro atoms. The van der Waals surface area contributed by atoms with Crippen LogP contribution in [0.2, 0.25) is 0 Å². The third kappa shape index (κ3) is 4.59. The third-order valence-corrected chi connectivity index (χ3v) is 5.14. The molecule has 2 atom stereocenters. The molecule has 0 aliphatic carbocycles. The second-order valence-corrected chi connectivity index (χ2v) is 7.98. The molecule has 1 fully saturated rings. The van der Waals surface area contributed by atoms with Gasteiger partial charge in [0.05, 0.1) is 11.5 Å². The van der Waals surface area contributed by atoms with Crippen molar-refractivity contribution < 1.29 is 36.3 Å². The topological polar surface area (TPSA) is 91.8 Å². The molecule has 1 aliphatic rings. The van der Waals surface area contributed by atoms with Gasteiger partial charge in [0.15, 0.2) is 9.84 Å². The smallest absolute Gasteiger partial charge is 0.471 e. The van der Waals surface area contributed by atoms with E-state index in [0.29, 0.717) is 0 Å². The molecule has 22 heavy (non-hydrogen) atoms. The average Bonchev–Trinajstić information content (AvgIpc) is 2.66. The van der Waals surface area contributed by atoms with Gasteiger partial charge in [0.2, 0.25) is 0 Å². The first-order valence-electron chi connectivity index (χ1n) is 6.68. The van der Waals surface area contributed by atoms with Gasteiger partial charge in [0.25, 0.3) is 0 Å². The Hall–Kier alpha value is -1.32. The average molecular weight is 345 g/mol. The second-order valence-electron chi connectivity index (χ2n) is 5.75. The molecule has 1 amide bonds. The van der Waals surface area contributed by atoms with Crippen molar-refractivity contribution in [3.8, 4) is 0 Å². The minimum atomic E-state index is -5.25. The van der Waals surface area contributed by atoms with Crippen molar-refractivity contribution in [2.24, 2.45) is 5.92 Å². The summed E-state index contributed by atoms with van der Waals surface area (Å²) in [5, 5.41) is 9.19. The third-order valence-electron chi connectivity index (χ3n) is 3.39. The molecule has 128 valence electrons. The molecule has 1 heterocycles. The van der Waals surface area contributed by atoms with E-state index >= 15 is 0 Å². The fourth-order valence-corrected chi connectivity index (χ4v) is 4.19. The normalized spacial score (nSPS) is 22.5. The van der Waals surface area contributed by atoms with Crippen LogP contribution in [0.25, 0.3) is 0 Å². The molecule has 10 heteroatoms. The number of carbonyl (C=O) groups is 2. The van der Waals surface area contributed by atoms with Crippen molar-refractivity contribution >= 4 is 21.7 Å². The van der Waals surface area contributed by atoms with Crippen LogP contribution < -0.4 is 0 Å². The molecular weight excluding hydrogens is 327 g/mol. The van der Waals surface area contributed by atoms with Crippen LogP contribution in [0.4, 0.5) is 13.2 Å². The first-order chi connectivity index (χ1) is 9.85. The standard InChI is InChI=1S/C12H18F3NO5S/c1-7(2)5-9(10(17)18)16(11(19)12(13,14)15)8-3-4-22(20,21)6-8/h7-9H,3-6H2,1-2H3,(H,17,18). The van der Waals surface area contributed by atoms with Crippen LogP contribution in [0.3, 0.4) is 0 Å². The molecule has 2 unspecified atom stereocenters. The van der Waals surface area contributed by atoms with Crippen LogP contribution in [-0.4, -0.2) is 60.1 Å². The molecule has 0 saturated carbocycles. The Morgan fingerprint density at radius 1 is 1.32 bits per heavy atom. The summed E-state index contributed by atoms with van der Waals surface area (Å²) in [6, 6.07) is -2.97. The SMILES string of the molecule is CC(C)CC(C(=O)O)N(C(=O)C(F)(F)F)C1CCS(=O)(=O)C1. The van der Waals surface area contributed by atoms with Gasteiger partial charge in [0, 0.05) is 6.04 Å². The number of carboxylic acids is 1. The number of aliphatic carboxylic acids is 1. The molecule has 0 aromatic carbocycles. The predicted molar refractivity (Wildman–Crippen MR) is 70.8 cm³/mol. The maximum atomic E-state index is 12.8. The van der Waals surface area contributed by atoms with E-state index in [4.69, 9.17) is 0 Å². The second kappa shape index (κ2) is 6.43. The van der Waals surface area contributed by atoms with Crippen molar-refractivity contribution in [1.82, 2.24) is 4.90 Å². The zero-order valence-corrected chi connectivity index (χ0v) is 12.9. The zero-order valence-electron chi connectivity index (χ0n) is 12.1. The summed E-state index contributed by atoms with van der Waals surface area (Å²) in [5.74, 6) is -5.15. The largest absolute Gasteiger partial charge is 0.480 e. The fourth-order valence-electron chi connectivity index (χ4n) is 2.48. The zero-order chi connectivity index (χ0) is 17.3. The molecule has 0 bridgehead atoms. The van der Waals surface area contributed by atoms with Crippen molar-refractivity contribution in [3.05, 3.63) is 0 Å². The van der Waals surface area contributed by atoms with Gasteiger partial charge < -0.3 is 10.0 Å². The Bertz CT molecular complexity index is 543. The van der Waals surface area contributed by atoms with E-state index in [1.165, 1.54) is 0 Å². The predicted octanol–water partition coefficient (Wildman–Crippen LogP) is 1.06. The van der Waals surface area contributed by atoms with Crippen molar-refractivity contribution in [2.75, 3.05) is 11.5 Å². The summed E-state index contributed by atoms with van der Waals surface area (Å²) in [7, 11) is -3.56. The molecule has 1 saturated heterocycles. The number of amides is 1. The monoisotopic (exact) mass is 345 g/mol. The van der Waals surface area contributed by atoms with Gasteiger partial charge in [-0.15, -0.1) is 0 Å². The van der Waals surface area contributed by atoms with Crippen LogP contribution in [-0.2, 0) is 19.4 Å². The number of carbonyl (C=O) groups excluding carboxylic acids is 1. The van der Waals surface area contributed by atoms with Crippen LogP contribution >= 0.6 is 0 Å². The highest BCUT2D eigenvalue weighted by Gasteiger charge is 2.50. The lowest BCUT2D eigenvalue weighted by molar-refractivity contribution is -0.192. The Morgan fingerprint density at radius 3 is 2.18 bits per heavy atom. The van der Waals surface area contributed by atoms with E-state index in [9.17, 15) is 36.3 Å². The van der Waals surface area contributed by atoms with Gasteiger partial charge in [0.1, 0.15) is 6.04 Å². The number of hydrogen-bond donors (Lipinski definition) is 1. The highest BCUT2D eigenvalue weighted by Crippen LogP contribution is 2.28. The van der Waals surface area contributed by atoms with Crippen molar-refractivity contribution in [3.63, 3.8) is 0 Å². The maximum absolute atomic E-state index is 12.8. The summed E-state index contributed by atoms with van der Waals surface area (Å²) < 4.78 is 61.3. The molecule has 0 radical (unpaired) electrons. The van der Waals surface area contributed by atoms with E-state index in [0.717, 1.165) is 0 Å². The Balaban J connectivity index is 3.20. The van der Waals surface area contributed by atoms with Gasteiger partial charge in [-0.3, -0.25) is 4.79 Å². The van der Waals surface area contributed by atoms with Crippen LogP contribution in [0.15, 0.2) is 0 Å². The summed E-state index contributed by atoms with van der Waals surface area (Å²) in [5.41, 5.74) is 0. The van der Waals surface area contributed by atoms with Gasteiger partial charge in [-0.1, -0.05) is 13.8 Å². The van der Waals surface area contributed by atoms with Gasteiger partial charge in [-0.25, -0.2) is 13.2 Å². The maximum Gasteiger partial charge on any atom is 0.471 e. The van der Waals surface area contributed by atoms with Crippen LogP contribution in [0, 0.1) is 5.92 Å². The Kier molecular flexibility index (Phi) is 5.47. The molecule has 0 aromatic heterocycles. The molecule has 1 N–H and O–H groups in total. The first-order valence-corrected chi connectivity index (χ1v) is 8.50. The first kappa shape index (κ1) is 18.7. The summed E-state index contributed by atoms with van der Waals surface area (Å²) in [6.45, 7) is 3.22. The highest BCUT2D eigenvalue weighted by molar-refractivity contribution is 7.91. The number of nitrogens with zero attached hydrogens (tertiary/aromatic N) is 1. The summed E-state index contributed by atoms with van der Waals surface area (Å²) in [4.78, 5) is 23.1. The lowest BCUT2D eigenvalue weighted by Gasteiger charge is -2.34. The number of rotatable bonds is 5. The lowest BCUT2D eigenvalue weighted by Crippen LogP contribution is -2.55. The van der Waals surface area contributed by atoms with Gasteiger partial charge >= 0.3 is 18.1 Å².